The number of fused-ring (bicyclic) bond motifs is 2. The van der Waals surface area contributed by atoms with Crippen molar-refractivity contribution in [2.45, 2.75) is 50.2 Å². The Morgan fingerprint density at radius 2 is 1.84 bits per heavy atom. The number of benzene rings is 2. The summed E-state index contributed by atoms with van der Waals surface area (Å²) in [7, 11) is -1.86. The lowest BCUT2D eigenvalue weighted by Gasteiger charge is -2.31. The van der Waals surface area contributed by atoms with Gasteiger partial charge in [-0.15, -0.1) is 0 Å². The van der Waals surface area contributed by atoms with Gasteiger partial charge in [0, 0.05) is 35.5 Å². The van der Waals surface area contributed by atoms with Crippen LogP contribution in [0.1, 0.15) is 24.5 Å². The SMILES string of the molecule is COc1cccn(-c2ccc3c(c2)[C@]2(O[C@@H](CCO)[C@H]([Si](C)(C)F)[C@H]2C)C(=O)N3Cc2ccccc2)c1=O. The number of halogens is 1. The van der Waals surface area contributed by atoms with Gasteiger partial charge >= 0.3 is 0 Å². The van der Waals surface area contributed by atoms with E-state index in [9.17, 15) is 14.7 Å². The highest BCUT2D eigenvalue weighted by atomic mass is 28.4. The van der Waals surface area contributed by atoms with E-state index in [0.717, 1.165) is 5.56 Å². The van der Waals surface area contributed by atoms with Crippen molar-refractivity contribution in [2.75, 3.05) is 18.6 Å². The zero-order valence-electron chi connectivity index (χ0n) is 22.1. The number of pyridine rings is 1. The molecule has 38 heavy (non-hydrogen) atoms. The third-order valence-corrected chi connectivity index (χ3v) is 10.4. The zero-order chi connectivity index (χ0) is 27.2. The Hall–Kier alpha value is -3.27. The number of aromatic nitrogens is 1. The Labute approximate surface area is 222 Å². The predicted molar refractivity (Wildman–Crippen MR) is 146 cm³/mol. The molecule has 200 valence electrons. The molecule has 7 nitrogen and oxygen atoms in total. The number of hydrogen-bond donors (Lipinski definition) is 1. The van der Waals surface area contributed by atoms with Gasteiger partial charge in [0.25, 0.3) is 11.5 Å². The summed E-state index contributed by atoms with van der Waals surface area (Å²) in [6.45, 7) is 5.32. The lowest BCUT2D eigenvalue weighted by Crippen LogP contribution is -2.45. The number of hydrogen-bond acceptors (Lipinski definition) is 5. The molecule has 3 aromatic rings. The molecule has 2 aromatic carbocycles. The quantitative estimate of drug-likeness (QED) is 0.354. The van der Waals surface area contributed by atoms with Crippen LogP contribution in [-0.4, -0.2) is 43.8 Å². The fourth-order valence-electron chi connectivity index (χ4n) is 6.34. The number of ether oxygens (including phenoxy) is 2. The summed E-state index contributed by atoms with van der Waals surface area (Å²) in [6, 6.07) is 18.4. The maximum atomic E-state index is 15.8. The summed E-state index contributed by atoms with van der Waals surface area (Å²) in [4.78, 5) is 29.1. The van der Waals surface area contributed by atoms with Crippen LogP contribution in [-0.2, 0) is 21.7 Å². The van der Waals surface area contributed by atoms with E-state index in [2.05, 4.69) is 0 Å². The smallest absolute Gasteiger partial charge is 0.297 e. The first-order valence-corrected chi connectivity index (χ1v) is 15.8. The Morgan fingerprint density at radius 3 is 2.50 bits per heavy atom. The maximum absolute atomic E-state index is 15.8. The van der Waals surface area contributed by atoms with E-state index in [1.54, 1.807) is 48.5 Å². The minimum Gasteiger partial charge on any atom is -0.491 e. The second-order valence-electron chi connectivity index (χ2n) is 10.6. The van der Waals surface area contributed by atoms with Crippen LogP contribution < -0.4 is 15.2 Å². The van der Waals surface area contributed by atoms with Crippen LogP contribution in [0.3, 0.4) is 0 Å². The molecule has 1 amide bonds. The summed E-state index contributed by atoms with van der Waals surface area (Å²) < 4.78 is 29.1. The molecule has 0 aliphatic carbocycles. The van der Waals surface area contributed by atoms with Gasteiger partial charge in [0.2, 0.25) is 8.41 Å². The molecular formula is C29H33FN2O5Si. The number of carbonyl (C=O) groups is 1. The number of nitrogens with zero attached hydrogens (tertiary/aromatic N) is 2. The summed E-state index contributed by atoms with van der Waals surface area (Å²) >= 11 is 0. The van der Waals surface area contributed by atoms with Crippen molar-refractivity contribution in [3.63, 3.8) is 0 Å². The molecular weight excluding hydrogens is 503 g/mol. The maximum Gasteiger partial charge on any atom is 0.297 e. The molecule has 5 rings (SSSR count). The van der Waals surface area contributed by atoms with Crippen molar-refractivity contribution >= 4 is 20.0 Å². The standard InChI is InChI=1S/C29H33FN2O5Si/c1-19-26(38(3,4)30)24(14-16-33)37-29(19)22-17-21(31-15-8-11-25(36-2)27(31)34)12-13-23(22)32(28(29)35)18-20-9-6-5-7-10-20/h5-13,15,17,19,24,26,33H,14,16,18H2,1-4H3/t19-,24+,26-,29+/m1/s1. The fourth-order valence-corrected chi connectivity index (χ4v) is 8.88. The van der Waals surface area contributed by atoms with Gasteiger partial charge in [0.05, 0.1) is 25.4 Å². The van der Waals surface area contributed by atoms with Crippen LogP contribution in [0.25, 0.3) is 5.69 Å². The minimum absolute atomic E-state index is 0.164. The first-order valence-electron chi connectivity index (χ1n) is 12.9. The van der Waals surface area contributed by atoms with E-state index >= 15 is 4.11 Å². The zero-order valence-corrected chi connectivity index (χ0v) is 23.1. The Morgan fingerprint density at radius 1 is 1.11 bits per heavy atom. The van der Waals surface area contributed by atoms with Gasteiger partial charge in [0.15, 0.2) is 11.4 Å². The summed E-state index contributed by atoms with van der Waals surface area (Å²) in [5, 5.41) is 9.78. The largest absolute Gasteiger partial charge is 0.491 e. The van der Waals surface area contributed by atoms with Gasteiger partial charge in [0.1, 0.15) is 0 Å². The molecule has 0 unspecified atom stereocenters. The number of aliphatic hydroxyl groups excluding tert-OH is 1. The molecule has 9 heteroatoms. The van der Waals surface area contributed by atoms with Gasteiger partial charge in [-0.2, -0.15) is 0 Å². The topological polar surface area (TPSA) is 81.0 Å². The molecule has 1 spiro atoms. The highest BCUT2D eigenvalue weighted by Gasteiger charge is 2.66. The lowest BCUT2D eigenvalue weighted by atomic mass is 9.82. The third kappa shape index (κ3) is 4.09. The molecule has 2 aliphatic rings. The molecule has 0 radical (unpaired) electrons. The molecule has 1 fully saturated rings. The number of amides is 1. The van der Waals surface area contributed by atoms with E-state index in [4.69, 9.17) is 9.47 Å². The van der Waals surface area contributed by atoms with E-state index < -0.39 is 31.6 Å². The van der Waals surface area contributed by atoms with E-state index in [1.807, 2.05) is 43.3 Å². The first-order chi connectivity index (χ1) is 18.1. The lowest BCUT2D eigenvalue weighted by molar-refractivity contribution is -0.146. The molecule has 3 heterocycles. The fraction of sp³-hybridized carbons (Fsp3) is 0.379. The van der Waals surface area contributed by atoms with E-state index in [0.29, 0.717) is 23.5 Å². The number of rotatable bonds is 7. The molecule has 4 atom stereocenters. The van der Waals surface area contributed by atoms with Gasteiger partial charge in [-0.3, -0.25) is 14.2 Å². The van der Waals surface area contributed by atoms with Crippen LogP contribution in [0.5, 0.6) is 5.75 Å². The Bertz CT molecular complexity index is 1410. The number of carbonyl (C=O) groups excluding carboxylic acids is 1. The first kappa shape index (κ1) is 26.3. The second kappa shape index (κ2) is 9.80. The van der Waals surface area contributed by atoms with Crippen molar-refractivity contribution in [3.8, 4) is 11.4 Å². The van der Waals surface area contributed by atoms with Crippen LogP contribution in [0.15, 0.2) is 71.7 Å². The van der Waals surface area contributed by atoms with Crippen LogP contribution in [0.2, 0.25) is 18.6 Å². The number of anilines is 1. The van der Waals surface area contributed by atoms with Crippen molar-refractivity contribution in [2.24, 2.45) is 5.92 Å². The van der Waals surface area contributed by atoms with Crippen molar-refractivity contribution < 1.29 is 23.5 Å². The van der Waals surface area contributed by atoms with Gasteiger partial charge in [-0.25, -0.2) is 0 Å². The Kier molecular flexibility index (Phi) is 6.79. The number of methoxy groups -OCH3 is 1. The monoisotopic (exact) mass is 536 g/mol. The number of aliphatic hydroxyl groups is 1. The molecule has 2 aliphatic heterocycles. The molecule has 0 saturated carbocycles. The summed E-state index contributed by atoms with van der Waals surface area (Å²) in [6.07, 6.45) is 1.29. The summed E-state index contributed by atoms with van der Waals surface area (Å²) in [5.41, 5.74) is 0.537. The van der Waals surface area contributed by atoms with E-state index in [-0.39, 0.29) is 30.2 Å². The molecule has 1 aromatic heterocycles. The normalized spacial score (nSPS) is 24.7. The van der Waals surface area contributed by atoms with Crippen molar-refractivity contribution in [1.29, 1.82) is 0 Å². The van der Waals surface area contributed by atoms with Crippen LogP contribution in [0, 0.1) is 5.92 Å². The molecule has 1 N–H and O–H groups in total. The predicted octanol–water partition coefficient (Wildman–Crippen LogP) is 4.55. The van der Waals surface area contributed by atoms with Crippen LogP contribution in [0.4, 0.5) is 9.80 Å². The van der Waals surface area contributed by atoms with E-state index in [1.165, 1.54) is 11.7 Å². The van der Waals surface area contributed by atoms with Gasteiger partial charge in [-0.05, 0) is 55.4 Å². The highest BCUT2D eigenvalue weighted by molar-refractivity contribution is 6.72. The van der Waals surface area contributed by atoms with Crippen LogP contribution >= 0.6 is 0 Å². The second-order valence-corrected chi connectivity index (χ2v) is 14.4. The Balaban J connectivity index is 1.70. The van der Waals surface area contributed by atoms with Crippen molar-refractivity contribution in [1.82, 2.24) is 4.57 Å². The average molecular weight is 537 g/mol. The van der Waals surface area contributed by atoms with Gasteiger partial charge < -0.3 is 23.6 Å². The minimum atomic E-state index is -3.31. The summed E-state index contributed by atoms with van der Waals surface area (Å²) in [5.74, 6) is -0.527. The third-order valence-electron chi connectivity index (χ3n) is 7.95. The van der Waals surface area contributed by atoms with Crippen molar-refractivity contribution in [3.05, 3.63) is 88.3 Å². The molecule has 1 saturated heterocycles. The molecule has 0 bridgehead atoms. The average Bonchev–Trinajstić information content (AvgIpc) is 3.31. The van der Waals surface area contributed by atoms with Gasteiger partial charge in [-0.1, -0.05) is 37.3 Å². The highest BCUT2D eigenvalue weighted by Crippen LogP contribution is 2.60.